The van der Waals surface area contributed by atoms with Crippen molar-refractivity contribution in [3.63, 3.8) is 0 Å². The molecule has 2 heterocycles. The van der Waals surface area contributed by atoms with Gasteiger partial charge in [-0.05, 0) is 31.0 Å². The molecule has 2 fully saturated rings. The fourth-order valence-corrected chi connectivity index (χ4v) is 4.58. The Morgan fingerprint density at radius 1 is 1.38 bits per heavy atom. The maximum Gasteiger partial charge on any atom is 0.335 e. The summed E-state index contributed by atoms with van der Waals surface area (Å²) in [6.07, 6.45) is 2.28. The van der Waals surface area contributed by atoms with E-state index in [1.54, 1.807) is 12.1 Å². The molecular weight excluding hydrogens is 292 g/mol. The number of carboxylic acids is 1. The minimum atomic E-state index is -1.22. The van der Waals surface area contributed by atoms with Crippen LogP contribution in [0.5, 0.6) is 0 Å². The highest BCUT2D eigenvalue weighted by Gasteiger charge is 2.42. The second kappa shape index (κ2) is 5.87. The first-order valence-corrected chi connectivity index (χ1v) is 8.27. The van der Waals surface area contributed by atoms with Gasteiger partial charge in [0.25, 0.3) is 0 Å². The van der Waals surface area contributed by atoms with Crippen molar-refractivity contribution in [1.82, 2.24) is 0 Å². The van der Waals surface area contributed by atoms with E-state index in [0.29, 0.717) is 31.1 Å². The molecule has 0 aromatic heterocycles. The Bertz CT molecular complexity index is 565. The van der Waals surface area contributed by atoms with Gasteiger partial charge in [0.2, 0.25) is 0 Å². The maximum absolute atomic E-state index is 12.7. The Hall–Kier alpha value is -1.24. The fraction of sp³-hybridized carbons (Fsp3) is 0.533. The van der Waals surface area contributed by atoms with Gasteiger partial charge in [0.1, 0.15) is 0 Å². The van der Waals surface area contributed by atoms with Gasteiger partial charge in [-0.25, -0.2) is 4.79 Å². The van der Waals surface area contributed by atoms with Crippen LogP contribution in [-0.2, 0) is 20.3 Å². The summed E-state index contributed by atoms with van der Waals surface area (Å²) in [6, 6.07) is 6.39. The zero-order valence-corrected chi connectivity index (χ0v) is 12.4. The first-order chi connectivity index (χ1) is 10.1. The van der Waals surface area contributed by atoms with Crippen LogP contribution in [0.2, 0.25) is 0 Å². The topological polar surface area (TPSA) is 72.8 Å². The predicted octanol–water partition coefficient (Wildman–Crippen LogP) is 1.83. The molecule has 3 rings (SSSR count). The van der Waals surface area contributed by atoms with E-state index in [9.17, 15) is 9.00 Å². The summed E-state index contributed by atoms with van der Waals surface area (Å²) in [4.78, 5) is 11.6. The van der Waals surface area contributed by atoms with Gasteiger partial charge in [-0.1, -0.05) is 6.07 Å². The molecule has 0 amide bonds. The van der Waals surface area contributed by atoms with Crippen LogP contribution in [0, 0.1) is 0 Å². The highest BCUT2D eigenvalue weighted by atomic mass is 32.2. The van der Waals surface area contributed by atoms with Crippen LogP contribution in [0.15, 0.2) is 29.2 Å². The molecule has 3 unspecified atom stereocenters. The first-order valence-electron chi connectivity index (χ1n) is 7.05. The van der Waals surface area contributed by atoms with Crippen molar-refractivity contribution < 1.29 is 23.6 Å². The number of ether oxygens (including phenoxy) is 2. The summed E-state index contributed by atoms with van der Waals surface area (Å²) >= 11 is 0. The van der Waals surface area contributed by atoms with Crippen molar-refractivity contribution in [1.29, 1.82) is 0 Å². The van der Waals surface area contributed by atoms with E-state index in [1.807, 2.05) is 0 Å². The molecule has 0 bridgehead atoms. The van der Waals surface area contributed by atoms with Crippen LogP contribution in [-0.4, -0.2) is 46.0 Å². The summed E-state index contributed by atoms with van der Waals surface area (Å²) in [7, 11) is -1.22. The summed E-state index contributed by atoms with van der Waals surface area (Å²) in [5, 5.41) is 9.02. The number of aromatic carboxylic acids is 1. The van der Waals surface area contributed by atoms with Crippen LogP contribution in [0.1, 0.15) is 29.6 Å². The second-order valence-corrected chi connectivity index (χ2v) is 7.31. The summed E-state index contributed by atoms with van der Waals surface area (Å²) < 4.78 is 24.0. The van der Waals surface area contributed by atoms with Crippen molar-refractivity contribution >= 4 is 16.8 Å². The molecule has 6 heteroatoms. The van der Waals surface area contributed by atoms with Crippen molar-refractivity contribution in [3.8, 4) is 0 Å². The van der Waals surface area contributed by atoms with E-state index in [0.717, 1.165) is 12.8 Å². The van der Waals surface area contributed by atoms with Gasteiger partial charge in [-0.15, -0.1) is 0 Å². The van der Waals surface area contributed by atoms with Gasteiger partial charge in [0.05, 0.1) is 28.6 Å². The van der Waals surface area contributed by atoms with E-state index in [-0.39, 0.29) is 16.4 Å². The van der Waals surface area contributed by atoms with Crippen LogP contribution < -0.4 is 0 Å². The van der Waals surface area contributed by atoms with Crippen LogP contribution >= 0.6 is 0 Å². The molecular formula is C15H18O5S. The summed E-state index contributed by atoms with van der Waals surface area (Å²) in [5.74, 6) is -0.999. The van der Waals surface area contributed by atoms with Crippen LogP contribution in [0.3, 0.4) is 0 Å². The molecule has 2 aliphatic heterocycles. The number of carbonyl (C=O) groups is 1. The van der Waals surface area contributed by atoms with E-state index in [2.05, 4.69) is 0 Å². The Morgan fingerprint density at radius 2 is 2.24 bits per heavy atom. The van der Waals surface area contributed by atoms with Gasteiger partial charge in [0.15, 0.2) is 0 Å². The normalized spacial score (nSPS) is 30.4. The number of rotatable bonds is 3. The van der Waals surface area contributed by atoms with E-state index >= 15 is 0 Å². The minimum Gasteiger partial charge on any atom is -0.478 e. The zero-order valence-electron chi connectivity index (χ0n) is 11.6. The maximum atomic E-state index is 12.7. The third-order valence-electron chi connectivity index (χ3n) is 4.13. The quantitative estimate of drug-likeness (QED) is 0.922. The molecule has 21 heavy (non-hydrogen) atoms. The number of hydrogen-bond donors (Lipinski definition) is 1. The highest BCUT2D eigenvalue weighted by molar-refractivity contribution is 7.85. The molecule has 1 N–H and O–H groups in total. The van der Waals surface area contributed by atoms with Gasteiger partial charge in [0, 0.05) is 29.8 Å². The van der Waals surface area contributed by atoms with E-state index in [4.69, 9.17) is 14.6 Å². The standard InChI is InChI=1S/C15H18O5S/c16-14(17)11-2-1-3-12(8-11)21(18)13-4-6-20-15(9-13)5-7-19-10-15/h1-3,8,13H,4-7,9-10H2,(H,16,17). The Labute approximate surface area is 125 Å². The van der Waals surface area contributed by atoms with Crippen LogP contribution in [0.4, 0.5) is 0 Å². The molecule has 0 saturated carbocycles. The van der Waals surface area contributed by atoms with E-state index < -0.39 is 16.8 Å². The lowest BCUT2D eigenvalue weighted by Crippen LogP contribution is -2.43. The monoisotopic (exact) mass is 310 g/mol. The molecule has 2 saturated heterocycles. The second-order valence-electron chi connectivity index (χ2n) is 5.58. The molecule has 2 aliphatic rings. The predicted molar refractivity (Wildman–Crippen MR) is 77.0 cm³/mol. The van der Waals surface area contributed by atoms with Crippen molar-refractivity contribution in [3.05, 3.63) is 29.8 Å². The lowest BCUT2D eigenvalue weighted by molar-refractivity contribution is -0.0774. The van der Waals surface area contributed by atoms with Crippen LogP contribution in [0.25, 0.3) is 0 Å². The van der Waals surface area contributed by atoms with Crippen molar-refractivity contribution in [2.75, 3.05) is 19.8 Å². The van der Waals surface area contributed by atoms with Crippen molar-refractivity contribution in [2.45, 2.75) is 35.0 Å². The average molecular weight is 310 g/mol. The highest BCUT2D eigenvalue weighted by Crippen LogP contribution is 2.36. The molecule has 0 aliphatic carbocycles. The third-order valence-corrected chi connectivity index (χ3v) is 5.86. The smallest absolute Gasteiger partial charge is 0.335 e. The minimum absolute atomic E-state index is 0.00973. The lowest BCUT2D eigenvalue weighted by Gasteiger charge is -2.36. The third kappa shape index (κ3) is 3.02. The molecule has 114 valence electrons. The zero-order chi connectivity index (χ0) is 14.9. The molecule has 1 aromatic carbocycles. The molecule has 5 nitrogen and oxygen atoms in total. The molecule has 1 spiro atoms. The molecule has 3 atom stereocenters. The Balaban J connectivity index is 1.78. The fourth-order valence-electron chi connectivity index (χ4n) is 2.98. The van der Waals surface area contributed by atoms with Gasteiger partial charge >= 0.3 is 5.97 Å². The number of benzene rings is 1. The average Bonchev–Trinajstić information content (AvgIpc) is 2.94. The summed E-state index contributed by atoms with van der Waals surface area (Å²) in [5.41, 5.74) is -0.116. The lowest BCUT2D eigenvalue weighted by atomic mass is 9.93. The largest absolute Gasteiger partial charge is 0.478 e. The number of hydrogen-bond acceptors (Lipinski definition) is 4. The first kappa shape index (κ1) is 14.7. The summed E-state index contributed by atoms with van der Waals surface area (Å²) in [6.45, 7) is 1.84. The van der Waals surface area contributed by atoms with Gasteiger partial charge in [-0.3, -0.25) is 4.21 Å². The molecule has 1 aromatic rings. The van der Waals surface area contributed by atoms with E-state index in [1.165, 1.54) is 12.1 Å². The molecule has 0 radical (unpaired) electrons. The number of carboxylic acid groups (broad SMARTS) is 1. The van der Waals surface area contributed by atoms with Gasteiger partial charge < -0.3 is 14.6 Å². The Kier molecular flexibility index (Phi) is 4.10. The van der Waals surface area contributed by atoms with Crippen molar-refractivity contribution in [2.24, 2.45) is 0 Å². The van der Waals surface area contributed by atoms with Gasteiger partial charge in [-0.2, -0.15) is 0 Å². The SMILES string of the molecule is O=C(O)c1cccc(S(=O)C2CCOC3(CCOC3)C2)c1. The Morgan fingerprint density at radius 3 is 2.95 bits per heavy atom.